The van der Waals surface area contributed by atoms with E-state index in [-0.39, 0.29) is 12.5 Å². The molecule has 1 N–H and O–H groups in total. The minimum Gasteiger partial charge on any atom is -0.345 e. The van der Waals surface area contributed by atoms with Crippen LogP contribution in [-0.4, -0.2) is 16.0 Å². The van der Waals surface area contributed by atoms with Gasteiger partial charge >= 0.3 is 0 Å². The number of nitrogens with zero attached hydrogens (tertiary/aromatic N) is 3. The number of amides is 1. The fraction of sp³-hybridized carbons (Fsp3) is 0.143. The molecule has 0 aliphatic rings. The number of carbonyl (C=O) groups excluding carboxylic acids is 1. The molecule has 1 amide bonds. The van der Waals surface area contributed by atoms with E-state index < -0.39 is 0 Å². The zero-order valence-electron chi connectivity index (χ0n) is 10.8. The number of carbonyl (C=O) groups is 1. The third-order valence-electron chi connectivity index (χ3n) is 2.43. The number of rotatable bonds is 4. The Morgan fingerprint density at radius 1 is 1.55 bits per heavy atom. The van der Waals surface area contributed by atoms with Gasteiger partial charge in [-0.1, -0.05) is 17.3 Å². The van der Waals surface area contributed by atoms with Gasteiger partial charge in [-0.2, -0.15) is 10.2 Å². The highest BCUT2D eigenvalue weighted by Gasteiger charge is 2.03. The minimum atomic E-state index is -0.269. The van der Waals surface area contributed by atoms with Crippen LogP contribution >= 0.6 is 0 Å². The maximum absolute atomic E-state index is 11.6. The van der Waals surface area contributed by atoms with E-state index in [1.165, 1.54) is 6.08 Å². The lowest BCUT2D eigenvalue weighted by Gasteiger charge is -1.97. The summed E-state index contributed by atoms with van der Waals surface area (Å²) < 4.78 is 4.79. The van der Waals surface area contributed by atoms with Gasteiger partial charge in [0.25, 0.3) is 0 Å². The summed E-state index contributed by atoms with van der Waals surface area (Å²) in [7, 11) is 0. The fourth-order valence-corrected chi connectivity index (χ4v) is 1.52. The summed E-state index contributed by atoms with van der Waals surface area (Å²) in [6.45, 7) is 1.89. The van der Waals surface area contributed by atoms with E-state index in [4.69, 9.17) is 9.78 Å². The Bertz CT molecular complexity index is 682. The summed E-state index contributed by atoms with van der Waals surface area (Å²) in [5.41, 5.74) is 1.34. The van der Waals surface area contributed by atoms with Gasteiger partial charge in [0, 0.05) is 13.0 Å². The lowest BCUT2D eigenvalue weighted by Crippen LogP contribution is -2.20. The molecule has 6 nitrogen and oxygen atoms in total. The average Bonchev–Trinajstić information content (AvgIpc) is 2.89. The van der Waals surface area contributed by atoms with Crippen molar-refractivity contribution in [1.82, 2.24) is 15.5 Å². The molecule has 0 fully saturated rings. The van der Waals surface area contributed by atoms with E-state index in [9.17, 15) is 4.79 Å². The number of nitriles is 1. The molecule has 6 heteroatoms. The summed E-state index contributed by atoms with van der Waals surface area (Å²) in [5.74, 6) is 0.614. The summed E-state index contributed by atoms with van der Waals surface area (Å²) in [6, 6.07) is 9.02. The van der Waals surface area contributed by atoms with Crippen molar-refractivity contribution in [2.24, 2.45) is 0 Å². The van der Waals surface area contributed by atoms with Crippen molar-refractivity contribution in [3.8, 4) is 6.07 Å². The molecule has 0 atom stereocenters. The molecule has 100 valence electrons. The zero-order chi connectivity index (χ0) is 14.4. The van der Waals surface area contributed by atoms with Gasteiger partial charge in [-0.05, 0) is 23.8 Å². The molecule has 2 rings (SSSR count). The van der Waals surface area contributed by atoms with Gasteiger partial charge in [-0.25, -0.2) is 0 Å². The normalized spacial score (nSPS) is 10.4. The molecule has 0 unspecified atom stereocenters. The van der Waals surface area contributed by atoms with Gasteiger partial charge in [-0.15, -0.1) is 0 Å². The van der Waals surface area contributed by atoms with Gasteiger partial charge in [0.05, 0.1) is 18.2 Å². The van der Waals surface area contributed by atoms with Gasteiger partial charge in [-0.3, -0.25) is 4.79 Å². The van der Waals surface area contributed by atoms with Crippen molar-refractivity contribution in [3.63, 3.8) is 0 Å². The standard InChI is InChI=1S/C14H12N4O2/c1-10-17-13(18-20-10)9-16-14(19)6-5-11-3-2-4-12(7-11)8-15/h2-7H,9H2,1H3,(H,16,19). The largest absolute Gasteiger partial charge is 0.345 e. The number of benzene rings is 1. The van der Waals surface area contributed by atoms with Crippen LogP contribution in [0.5, 0.6) is 0 Å². The second kappa shape index (κ2) is 6.29. The monoisotopic (exact) mass is 268 g/mol. The average molecular weight is 268 g/mol. The predicted octanol–water partition coefficient (Wildman–Crippen LogP) is 1.58. The summed E-state index contributed by atoms with van der Waals surface area (Å²) in [6.07, 6.45) is 3.03. The molecule has 2 aromatic rings. The topological polar surface area (TPSA) is 91.8 Å². The Kier molecular flexibility index (Phi) is 4.24. The Balaban J connectivity index is 1.90. The molecule has 20 heavy (non-hydrogen) atoms. The fourth-order valence-electron chi connectivity index (χ4n) is 1.52. The first-order valence-electron chi connectivity index (χ1n) is 5.92. The first kappa shape index (κ1) is 13.5. The molecule has 0 radical (unpaired) electrons. The maximum Gasteiger partial charge on any atom is 0.244 e. The van der Waals surface area contributed by atoms with E-state index in [0.717, 1.165) is 5.56 Å². The van der Waals surface area contributed by atoms with E-state index >= 15 is 0 Å². The first-order valence-corrected chi connectivity index (χ1v) is 5.92. The van der Waals surface area contributed by atoms with Crippen molar-refractivity contribution in [3.05, 3.63) is 53.2 Å². The molecule has 0 aliphatic carbocycles. The van der Waals surface area contributed by atoms with E-state index in [2.05, 4.69) is 15.5 Å². The SMILES string of the molecule is Cc1nc(CNC(=O)C=Cc2cccc(C#N)c2)no1. The van der Waals surface area contributed by atoms with Crippen molar-refractivity contribution in [2.45, 2.75) is 13.5 Å². The third kappa shape index (κ3) is 3.78. The van der Waals surface area contributed by atoms with Crippen LogP contribution < -0.4 is 5.32 Å². The number of nitrogens with one attached hydrogen (secondary N) is 1. The van der Waals surface area contributed by atoms with E-state index in [0.29, 0.717) is 17.3 Å². The van der Waals surface area contributed by atoms with Crippen LogP contribution in [0.15, 0.2) is 34.9 Å². The molecule has 0 bridgehead atoms. The van der Waals surface area contributed by atoms with E-state index in [1.54, 1.807) is 31.2 Å². The van der Waals surface area contributed by atoms with Gasteiger partial charge < -0.3 is 9.84 Å². The lowest BCUT2D eigenvalue weighted by atomic mass is 10.1. The van der Waals surface area contributed by atoms with Crippen LogP contribution in [0.1, 0.15) is 22.8 Å². The van der Waals surface area contributed by atoms with Crippen molar-refractivity contribution in [1.29, 1.82) is 5.26 Å². The zero-order valence-corrected chi connectivity index (χ0v) is 10.8. The Hall–Kier alpha value is -2.94. The van der Waals surface area contributed by atoms with Crippen LogP contribution in [-0.2, 0) is 11.3 Å². The molecular weight excluding hydrogens is 256 g/mol. The van der Waals surface area contributed by atoms with Crippen molar-refractivity contribution >= 4 is 12.0 Å². The third-order valence-corrected chi connectivity index (χ3v) is 2.43. The molecular formula is C14H12N4O2. The molecule has 0 saturated heterocycles. The molecule has 1 aromatic carbocycles. The molecule has 0 aliphatic heterocycles. The van der Waals surface area contributed by atoms with Crippen LogP contribution in [0.25, 0.3) is 6.08 Å². The molecule has 1 aromatic heterocycles. The van der Waals surface area contributed by atoms with Crippen LogP contribution in [0.4, 0.5) is 0 Å². The number of aromatic nitrogens is 2. The Morgan fingerprint density at radius 3 is 3.10 bits per heavy atom. The number of aryl methyl sites for hydroxylation is 1. The number of hydrogen-bond donors (Lipinski definition) is 1. The number of hydrogen-bond acceptors (Lipinski definition) is 5. The predicted molar refractivity (Wildman–Crippen MR) is 71.1 cm³/mol. The lowest BCUT2D eigenvalue weighted by molar-refractivity contribution is -0.116. The molecule has 0 saturated carbocycles. The quantitative estimate of drug-likeness (QED) is 0.850. The molecule has 0 spiro atoms. The van der Waals surface area contributed by atoms with Gasteiger partial charge in [0.2, 0.25) is 11.8 Å². The summed E-state index contributed by atoms with van der Waals surface area (Å²) in [5, 5.41) is 15.1. The highest BCUT2D eigenvalue weighted by molar-refractivity contribution is 5.91. The van der Waals surface area contributed by atoms with Crippen molar-refractivity contribution < 1.29 is 9.32 Å². The second-order valence-electron chi connectivity index (χ2n) is 4.02. The smallest absolute Gasteiger partial charge is 0.244 e. The highest BCUT2D eigenvalue weighted by atomic mass is 16.5. The second-order valence-corrected chi connectivity index (χ2v) is 4.02. The van der Waals surface area contributed by atoms with Gasteiger partial charge in [0.1, 0.15) is 0 Å². The van der Waals surface area contributed by atoms with Crippen LogP contribution in [0.3, 0.4) is 0 Å². The van der Waals surface area contributed by atoms with Crippen LogP contribution in [0, 0.1) is 18.3 Å². The summed E-state index contributed by atoms with van der Waals surface area (Å²) in [4.78, 5) is 15.6. The Morgan fingerprint density at radius 2 is 2.40 bits per heavy atom. The van der Waals surface area contributed by atoms with Crippen molar-refractivity contribution in [2.75, 3.05) is 0 Å². The first-order chi connectivity index (χ1) is 9.67. The van der Waals surface area contributed by atoms with Crippen LogP contribution in [0.2, 0.25) is 0 Å². The summed E-state index contributed by atoms with van der Waals surface area (Å²) >= 11 is 0. The maximum atomic E-state index is 11.6. The van der Waals surface area contributed by atoms with Gasteiger partial charge in [0.15, 0.2) is 5.82 Å². The Labute approximate surface area is 115 Å². The van der Waals surface area contributed by atoms with E-state index in [1.807, 2.05) is 12.1 Å². The highest BCUT2D eigenvalue weighted by Crippen LogP contribution is 2.05. The minimum absolute atomic E-state index is 0.207. The molecule has 1 heterocycles.